The van der Waals surface area contributed by atoms with E-state index in [4.69, 9.17) is 16.3 Å². The minimum absolute atomic E-state index is 0.0813. The molecule has 0 spiro atoms. The fourth-order valence-corrected chi connectivity index (χ4v) is 2.72. The molecule has 0 fully saturated rings. The second-order valence-electron chi connectivity index (χ2n) is 5.99. The number of aromatic nitrogens is 2. The number of esters is 1. The lowest BCUT2D eigenvalue weighted by molar-refractivity contribution is -0.123. The van der Waals surface area contributed by atoms with Crippen LogP contribution >= 0.6 is 11.6 Å². The fraction of sp³-hybridized carbons (Fsp3) is 0.158. The molecule has 0 unspecified atom stereocenters. The van der Waals surface area contributed by atoms with Crippen molar-refractivity contribution in [3.8, 4) is 0 Å². The standard InChI is InChI=1S/C19H15ClFN3O4/c1-10(17(25)22-11-7-8-15(21)14(20)9-11)28-19(27)16-12-5-3-4-6-13(12)18(26)24(2)23-16/h3-10H,1-2H3,(H,22,25)/t10-/m1/s1. The number of amides is 1. The van der Waals surface area contributed by atoms with Gasteiger partial charge in [-0.25, -0.2) is 13.9 Å². The maximum atomic E-state index is 13.2. The molecule has 1 heterocycles. The highest BCUT2D eigenvalue weighted by Crippen LogP contribution is 2.20. The van der Waals surface area contributed by atoms with Gasteiger partial charge in [0.2, 0.25) is 0 Å². The molecule has 1 amide bonds. The van der Waals surface area contributed by atoms with Gasteiger partial charge in [0.15, 0.2) is 11.8 Å². The molecule has 0 bridgehead atoms. The third-order valence-corrected chi connectivity index (χ3v) is 4.28. The first kappa shape index (κ1) is 19.5. The number of fused-ring (bicyclic) bond motifs is 1. The number of halogens is 2. The number of hydrogen-bond acceptors (Lipinski definition) is 5. The lowest BCUT2D eigenvalue weighted by Crippen LogP contribution is -2.31. The summed E-state index contributed by atoms with van der Waals surface area (Å²) in [6, 6.07) is 10.2. The number of nitrogens with one attached hydrogen (secondary N) is 1. The summed E-state index contributed by atoms with van der Waals surface area (Å²) in [5.41, 5.74) is -0.182. The Kier molecular flexibility index (Phi) is 5.41. The predicted octanol–water partition coefficient (Wildman–Crippen LogP) is 2.91. The highest BCUT2D eigenvalue weighted by atomic mass is 35.5. The molecule has 0 radical (unpaired) electrons. The summed E-state index contributed by atoms with van der Waals surface area (Å²) < 4.78 is 19.4. The number of carbonyl (C=O) groups excluding carboxylic acids is 2. The van der Waals surface area contributed by atoms with Crippen molar-refractivity contribution < 1.29 is 18.7 Å². The molecule has 1 aromatic heterocycles. The summed E-state index contributed by atoms with van der Waals surface area (Å²) in [6.07, 6.45) is -1.17. The van der Waals surface area contributed by atoms with E-state index in [-0.39, 0.29) is 22.0 Å². The quantitative estimate of drug-likeness (QED) is 0.676. The van der Waals surface area contributed by atoms with Gasteiger partial charge in [-0.15, -0.1) is 0 Å². The Hall–Kier alpha value is -3.26. The number of ether oxygens (including phenoxy) is 1. The number of benzene rings is 2. The van der Waals surface area contributed by atoms with Crippen molar-refractivity contribution in [1.82, 2.24) is 9.78 Å². The van der Waals surface area contributed by atoms with Crippen molar-refractivity contribution in [2.75, 3.05) is 5.32 Å². The van der Waals surface area contributed by atoms with Gasteiger partial charge < -0.3 is 10.1 Å². The molecule has 144 valence electrons. The highest BCUT2D eigenvalue weighted by Gasteiger charge is 2.23. The topological polar surface area (TPSA) is 90.3 Å². The lowest BCUT2D eigenvalue weighted by atomic mass is 10.1. The van der Waals surface area contributed by atoms with E-state index in [1.54, 1.807) is 24.3 Å². The van der Waals surface area contributed by atoms with Crippen LogP contribution in [0.4, 0.5) is 10.1 Å². The molecule has 0 aliphatic heterocycles. The van der Waals surface area contributed by atoms with Crippen LogP contribution in [-0.2, 0) is 16.6 Å². The van der Waals surface area contributed by atoms with Crippen LogP contribution < -0.4 is 10.9 Å². The van der Waals surface area contributed by atoms with Gasteiger partial charge in [0, 0.05) is 18.1 Å². The second kappa shape index (κ2) is 7.77. The van der Waals surface area contributed by atoms with E-state index in [1.165, 1.54) is 26.1 Å². The molecule has 2 aromatic carbocycles. The van der Waals surface area contributed by atoms with Crippen LogP contribution in [0.1, 0.15) is 17.4 Å². The molecular weight excluding hydrogens is 389 g/mol. The first-order chi connectivity index (χ1) is 13.3. The number of carbonyl (C=O) groups is 2. The molecule has 0 saturated heterocycles. The summed E-state index contributed by atoms with van der Waals surface area (Å²) in [4.78, 5) is 36.9. The summed E-state index contributed by atoms with van der Waals surface area (Å²) in [6.45, 7) is 1.38. The van der Waals surface area contributed by atoms with Gasteiger partial charge in [-0.2, -0.15) is 5.10 Å². The number of hydrogen-bond donors (Lipinski definition) is 1. The molecule has 0 aliphatic rings. The first-order valence-corrected chi connectivity index (χ1v) is 8.58. The molecule has 9 heteroatoms. The van der Waals surface area contributed by atoms with E-state index in [9.17, 15) is 18.8 Å². The van der Waals surface area contributed by atoms with Gasteiger partial charge in [-0.05, 0) is 31.2 Å². The van der Waals surface area contributed by atoms with E-state index in [0.29, 0.717) is 10.8 Å². The van der Waals surface area contributed by atoms with Crippen LogP contribution in [0.15, 0.2) is 47.3 Å². The Morgan fingerprint density at radius 2 is 1.89 bits per heavy atom. The molecule has 0 aliphatic carbocycles. The minimum atomic E-state index is -1.17. The van der Waals surface area contributed by atoms with Crippen molar-refractivity contribution in [1.29, 1.82) is 0 Å². The zero-order valence-electron chi connectivity index (χ0n) is 14.9. The normalized spacial score (nSPS) is 11.9. The lowest BCUT2D eigenvalue weighted by Gasteiger charge is -2.14. The predicted molar refractivity (Wildman–Crippen MR) is 102 cm³/mol. The Morgan fingerprint density at radius 1 is 1.21 bits per heavy atom. The van der Waals surface area contributed by atoms with Crippen molar-refractivity contribution in [3.05, 3.63) is 69.4 Å². The van der Waals surface area contributed by atoms with Gasteiger partial charge in [0.1, 0.15) is 5.82 Å². The van der Waals surface area contributed by atoms with Gasteiger partial charge in [0.25, 0.3) is 11.5 Å². The molecule has 7 nitrogen and oxygen atoms in total. The summed E-state index contributed by atoms with van der Waals surface area (Å²) >= 11 is 5.68. The summed E-state index contributed by atoms with van der Waals surface area (Å²) in [5.74, 6) is -2.11. The number of nitrogens with zero attached hydrogens (tertiary/aromatic N) is 2. The van der Waals surface area contributed by atoms with Crippen molar-refractivity contribution in [2.45, 2.75) is 13.0 Å². The van der Waals surface area contributed by atoms with Crippen LogP contribution in [0.5, 0.6) is 0 Å². The van der Waals surface area contributed by atoms with Crippen LogP contribution in [0.3, 0.4) is 0 Å². The van der Waals surface area contributed by atoms with Crippen molar-refractivity contribution in [2.24, 2.45) is 7.05 Å². The average Bonchev–Trinajstić information content (AvgIpc) is 2.67. The van der Waals surface area contributed by atoms with E-state index >= 15 is 0 Å². The zero-order valence-corrected chi connectivity index (χ0v) is 15.7. The molecular formula is C19H15ClFN3O4. The number of aryl methyl sites for hydroxylation is 1. The maximum Gasteiger partial charge on any atom is 0.360 e. The second-order valence-corrected chi connectivity index (χ2v) is 6.40. The van der Waals surface area contributed by atoms with Crippen molar-refractivity contribution >= 4 is 39.9 Å². The molecule has 3 aromatic rings. The van der Waals surface area contributed by atoms with Crippen LogP contribution in [0.2, 0.25) is 5.02 Å². The van der Waals surface area contributed by atoms with Crippen LogP contribution in [0.25, 0.3) is 10.8 Å². The Morgan fingerprint density at radius 3 is 2.57 bits per heavy atom. The van der Waals surface area contributed by atoms with E-state index in [0.717, 1.165) is 10.7 Å². The molecule has 0 saturated carbocycles. The number of anilines is 1. The largest absolute Gasteiger partial charge is 0.448 e. The fourth-order valence-electron chi connectivity index (χ4n) is 2.54. The van der Waals surface area contributed by atoms with E-state index < -0.39 is 23.8 Å². The van der Waals surface area contributed by atoms with Gasteiger partial charge in [0.05, 0.1) is 10.4 Å². The molecule has 28 heavy (non-hydrogen) atoms. The summed E-state index contributed by atoms with van der Waals surface area (Å²) in [7, 11) is 1.42. The molecule has 1 N–H and O–H groups in total. The highest BCUT2D eigenvalue weighted by molar-refractivity contribution is 6.31. The van der Waals surface area contributed by atoms with Gasteiger partial charge in [-0.3, -0.25) is 9.59 Å². The molecule has 3 rings (SSSR count). The third kappa shape index (κ3) is 3.86. The monoisotopic (exact) mass is 403 g/mol. The summed E-state index contributed by atoms with van der Waals surface area (Å²) in [5, 5.41) is 6.93. The first-order valence-electron chi connectivity index (χ1n) is 8.21. The number of rotatable bonds is 4. The average molecular weight is 404 g/mol. The molecule has 1 atom stereocenters. The Bertz CT molecular complexity index is 1150. The smallest absolute Gasteiger partial charge is 0.360 e. The maximum absolute atomic E-state index is 13.2. The van der Waals surface area contributed by atoms with E-state index in [2.05, 4.69) is 10.4 Å². The van der Waals surface area contributed by atoms with Crippen molar-refractivity contribution in [3.63, 3.8) is 0 Å². The Labute approximate surface area is 163 Å². The minimum Gasteiger partial charge on any atom is -0.448 e. The SMILES string of the molecule is C[C@@H](OC(=O)c1nn(C)c(=O)c2ccccc12)C(=O)Nc1ccc(F)c(Cl)c1. The van der Waals surface area contributed by atoms with Crippen LogP contribution in [0, 0.1) is 5.82 Å². The zero-order chi connectivity index (χ0) is 20.4. The van der Waals surface area contributed by atoms with E-state index in [1.807, 2.05) is 0 Å². The van der Waals surface area contributed by atoms with Gasteiger partial charge >= 0.3 is 5.97 Å². The van der Waals surface area contributed by atoms with Gasteiger partial charge in [-0.1, -0.05) is 29.8 Å². The van der Waals surface area contributed by atoms with Crippen LogP contribution in [-0.4, -0.2) is 27.8 Å². The third-order valence-electron chi connectivity index (χ3n) is 3.99. The Balaban J connectivity index is 1.80.